The number of hydrogen-bond donors (Lipinski definition) is 0. The van der Waals surface area contributed by atoms with Crippen LogP contribution in [0.5, 0.6) is 0 Å². The van der Waals surface area contributed by atoms with Gasteiger partial charge >= 0.3 is 0 Å². The molecular weight excluding hydrogens is 266 g/mol. The fourth-order valence-electron chi connectivity index (χ4n) is 1.58. The van der Waals surface area contributed by atoms with Crippen molar-refractivity contribution in [3.8, 4) is 0 Å². The van der Waals surface area contributed by atoms with Crippen molar-refractivity contribution >= 4 is 25.8 Å². The average Bonchev–Trinajstić information content (AvgIpc) is 2.06. The van der Waals surface area contributed by atoms with Crippen molar-refractivity contribution in [2.45, 2.75) is 18.2 Å². The summed E-state index contributed by atoms with van der Waals surface area (Å²) in [6.07, 6.45) is 2.45. The van der Waals surface area contributed by atoms with Gasteiger partial charge in [0.15, 0.2) is 0 Å². The molecule has 0 aliphatic carbocycles. The Hall–Kier alpha value is 0.390. The monoisotopic (exact) mass is 283 g/mol. The van der Waals surface area contributed by atoms with Crippen molar-refractivity contribution < 1.29 is 8.42 Å². The van der Waals surface area contributed by atoms with E-state index in [9.17, 15) is 8.42 Å². The van der Waals surface area contributed by atoms with E-state index in [0.717, 1.165) is 19.5 Å². The van der Waals surface area contributed by atoms with Gasteiger partial charge in [0.05, 0.1) is 5.75 Å². The van der Waals surface area contributed by atoms with Crippen molar-refractivity contribution in [3.05, 3.63) is 0 Å². The average molecular weight is 284 g/mol. The zero-order chi connectivity index (χ0) is 10.8. The minimum atomic E-state index is -2.81. The van der Waals surface area contributed by atoms with Gasteiger partial charge in [-0.3, -0.25) is 0 Å². The first-order chi connectivity index (χ1) is 6.38. The number of sulfone groups is 1. The highest BCUT2D eigenvalue weighted by Crippen LogP contribution is 2.22. The van der Waals surface area contributed by atoms with Crippen LogP contribution in [0.2, 0.25) is 0 Å². The van der Waals surface area contributed by atoms with Crippen molar-refractivity contribution in [2.75, 3.05) is 31.6 Å². The summed E-state index contributed by atoms with van der Waals surface area (Å²) in [4.78, 5) is 2.73. The molecule has 0 amide bonds. The molecule has 84 valence electrons. The summed E-state index contributed by atoms with van der Waals surface area (Å²) in [5, 5.41) is 0. The molecule has 0 aromatic rings. The Kier molecular flexibility index (Phi) is 4.40. The van der Waals surface area contributed by atoms with Gasteiger partial charge in [-0.15, -0.1) is 0 Å². The van der Waals surface area contributed by atoms with Gasteiger partial charge in [0.1, 0.15) is 9.84 Å². The third-order valence-corrected chi connectivity index (χ3v) is 4.85. The minimum Gasteiger partial charge on any atom is -0.301 e. The molecule has 0 aromatic heterocycles. The Labute approximate surface area is 94.9 Å². The first-order valence-corrected chi connectivity index (χ1v) is 7.90. The summed E-state index contributed by atoms with van der Waals surface area (Å²) in [6.45, 7) is 4.90. The minimum absolute atomic E-state index is 0.279. The molecule has 2 atom stereocenters. The molecule has 2 unspecified atom stereocenters. The smallest absolute Gasteiger partial charge is 0.148 e. The van der Waals surface area contributed by atoms with E-state index in [4.69, 9.17) is 0 Å². The van der Waals surface area contributed by atoms with Gasteiger partial charge in [0.2, 0.25) is 0 Å². The van der Waals surface area contributed by atoms with Gasteiger partial charge < -0.3 is 4.90 Å². The van der Waals surface area contributed by atoms with Crippen LogP contribution in [0.25, 0.3) is 0 Å². The standard InChI is InChI=1S/C9H18BrNO2S/c1-8-3-4-11(7-9(8)10)5-6-14(2,12)13/h8-9H,3-7H2,1-2H3. The van der Waals surface area contributed by atoms with E-state index in [1.807, 2.05) is 0 Å². The second kappa shape index (κ2) is 4.94. The van der Waals surface area contributed by atoms with Crippen LogP contribution in [-0.2, 0) is 9.84 Å². The topological polar surface area (TPSA) is 37.4 Å². The summed E-state index contributed by atoms with van der Waals surface area (Å²) < 4.78 is 22.0. The Bertz CT molecular complexity index is 279. The van der Waals surface area contributed by atoms with E-state index in [2.05, 4.69) is 27.8 Å². The zero-order valence-electron chi connectivity index (χ0n) is 8.74. The van der Waals surface area contributed by atoms with Crippen LogP contribution in [0.15, 0.2) is 0 Å². The predicted octanol–water partition coefficient (Wildman–Crippen LogP) is 1.14. The number of hydrogen-bond acceptors (Lipinski definition) is 3. The first-order valence-electron chi connectivity index (χ1n) is 4.92. The van der Waals surface area contributed by atoms with E-state index in [-0.39, 0.29) is 5.75 Å². The highest BCUT2D eigenvalue weighted by atomic mass is 79.9. The number of rotatable bonds is 3. The lowest BCUT2D eigenvalue weighted by molar-refractivity contribution is 0.211. The van der Waals surface area contributed by atoms with Crippen molar-refractivity contribution in [1.82, 2.24) is 4.90 Å². The Morgan fingerprint density at radius 1 is 1.50 bits per heavy atom. The molecule has 1 rings (SSSR count). The quantitative estimate of drug-likeness (QED) is 0.729. The molecular formula is C9H18BrNO2S. The molecule has 1 saturated heterocycles. The third-order valence-electron chi connectivity index (χ3n) is 2.73. The molecule has 0 aromatic carbocycles. The van der Waals surface area contributed by atoms with Crippen LogP contribution in [0.1, 0.15) is 13.3 Å². The fraction of sp³-hybridized carbons (Fsp3) is 1.00. The summed E-state index contributed by atoms with van der Waals surface area (Å²) in [7, 11) is -2.81. The fourth-order valence-corrected chi connectivity index (χ4v) is 2.85. The first kappa shape index (κ1) is 12.5. The highest BCUT2D eigenvalue weighted by Gasteiger charge is 2.24. The van der Waals surface area contributed by atoms with Crippen LogP contribution >= 0.6 is 15.9 Å². The largest absolute Gasteiger partial charge is 0.301 e. The van der Waals surface area contributed by atoms with Gasteiger partial charge in [-0.2, -0.15) is 0 Å². The van der Waals surface area contributed by atoms with E-state index in [0.29, 0.717) is 17.3 Å². The van der Waals surface area contributed by atoms with Crippen LogP contribution in [0.3, 0.4) is 0 Å². The third kappa shape index (κ3) is 4.28. The van der Waals surface area contributed by atoms with Crippen molar-refractivity contribution in [3.63, 3.8) is 0 Å². The maximum atomic E-state index is 11.0. The maximum absolute atomic E-state index is 11.0. The van der Waals surface area contributed by atoms with E-state index >= 15 is 0 Å². The van der Waals surface area contributed by atoms with Crippen LogP contribution in [0, 0.1) is 5.92 Å². The van der Waals surface area contributed by atoms with Gasteiger partial charge in [-0.25, -0.2) is 8.42 Å². The number of halogens is 1. The molecule has 0 radical (unpaired) electrons. The molecule has 1 aliphatic heterocycles. The molecule has 1 aliphatic rings. The van der Waals surface area contributed by atoms with E-state index in [1.54, 1.807) is 0 Å². The number of nitrogens with zero attached hydrogens (tertiary/aromatic N) is 1. The molecule has 5 heteroatoms. The number of likely N-dealkylation sites (tertiary alicyclic amines) is 1. The van der Waals surface area contributed by atoms with Gasteiger partial charge in [0.25, 0.3) is 0 Å². The second-order valence-electron chi connectivity index (χ2n) is 4.21. The SMILES string of the molecule is CC1CCN(CCS(C)(=O)=O)CC1Br. The summed E-state index contributed by atoms with van der Waals surface area (Å²) in [5.74, 6) is 0.977. The lowest BCUT2D eigenvalue weighted by Crippen LogP contribution is -2.42. The number of piperidine rings is 1. The number of alkyl halides is 1. The molecule has 0 N–H and O–H groups in total. The molecule has 0 saturated carbocycles. The Balaban J connectivity index is 2.34. The molecule has 0 bridgehead atoms. The Morgan fingerprint density at radius 2 is 2.14 bits per heavy atom. The summed E-state index contributed by atoms with van der Waals surface area (Å²) >= 11 is 3.62. The summed E-state index contributed by atoms with van der Waals surface area (Å²) in [6, 6.07) is 0. The summed E-state index contributed by atoms with van der Waals surface area (Å²) in [5.41, 5.74) is 0. The van der Waals surface area contributed by atoms with Crippen LogP contribution in [-0.4, -0.2) is 49.8 Å². The van der Waals surface area contributed by atoms with Crippen LogP contribution < -0.4 is 0 Å². The lowest BCUT2D eigenvalue weighted by atomic mass is 9.99. The molecule has 0 spiro atoms. The second-order valence-corrected chi connectivity index (χ2v) is 7.65. The van der Waals surface area contributed by atoms with Gasteiger partial charge in [0, 0.05) is 24.2 Å². The van der Waals surface area contributed by atoms with E-state index in [1.165, 1.54) is 6.26 Å². The zero-order valence-corrected chi connectivity index (χ0v) is 11.1. The molecule has 1 heterocycles. The maximum Gasteiger partial charge on any atom is 0.148 e. The van der Waals surface area contributed by atoms with Gasteiger partial charge in [-0.05, 0) is 18.9 Å². The normalized spacial score (nSPS) is 30.5. The predicted molar refractivity (Wildman–Crippen MR) is 62.6 cm³/mol. The lowest BCUT2D eigenvalue weighted by Gasteiger charge is -2.33. The van der Waals surface area contributed by atoms with Crippen molar-refractivity contribution in [1.29, 1.82) is 0 Å². The van der Waals surface area contributed by atoms with Crippen molar-refractivity contribution in [2.24, 2.45) is 5.92 Å². The molecule has 1 fully saturated rings. The van der Waals surface area contributed by atoms with Gasteiger partial charge in [-0.1, -0.05) is 22.9 Å². The molecule has 3 nitrogen and oxygen atoms in total. The van der Waals surface area contributed by atoms with E-state index < -0.39 is 9.84 Å². The van der Waals surface area contributed by atoms with Crippen LogP contribution in [0.4, 0.5) is 0 Å². The molecule has 14 heavy (non-hydrogen) atoms. The highest BCUT2D eigenvalue weighted by molar-refractivity contribution is 9.09. The Morgan fingerprint density at radius 3 is 2.64 bits per heavy atom.